The summed E-state index contributed by atoms with van der Waals surface area (Å²) < 4.78 is 12.7. The van der Waals surface area contributed by atoms with Crippen molar-refractivity contribution in [1.82, 2.24) is 15.1 Å². The lowest BCUT2D eigenvalue weighted by molar-refractivity contribution is -0.136. The first-order valence-electron chi connectivity index (χ1n) is 20.0. The number of morpholine rings is 1. The van der Waals surface area contributed by atoms with Crippen LogP contribution in [0.15, 0.2) is 97.1 Å². The van der Waals surface area contributed by atoms with E-state index in [1.54, 1.807) is 24.3 Å². The number of nitrogens with zero attached hydrogens (tertiary/aromatic N) is 3. The molecule has 4 heterocycles. The lowest BCUT2D eigenvalue weighted by atomic mass is 9.88. The first kappa shape index (κ1) is 38.1. The second kappa shape index (κ2) is 16.4. The van der Waals surface area contributed by atoms with E-state index >= 15 is 0 Å². The van der Waals surface area contributed by atoms with Gasteiger partial charge in [0.2, 0.25) is 11.8 Å². The van der Waals surface area contributed by atoms with E-state index < -0.39 is 29.7 Å². The highest BCUT2D eigenvalue weighted by molar-refractivity contribution is 6.23. The number of piperidine rings is 2. The number of phenolic OH excluding ortho intramolecular Hbond substituents is 1. The first-order valence-corrected chi connectivity index (χ1v) is 20.0. The molecule has 4 aromatic carbocycles. The molecule has 1 atom stereocenters. The van der Waals surface area contributed by atoms with Crippen molar-refractivity contribution in [2.24, 2.45) is 0 Å². The van der Waals surface area contributed by atoms with Crippen LogP contribution < -0.4 is 15.0 Å². The largest absolute Gasteiger partial charge is 0.508 e. The summed E-state index contributed by atoms with van der Waals surface area (Å²) in [5, 5.41) is 12.2. The fourth-order valence-corrected chi connectivity index (χ4v) is 8.75. The summed E-state index contributed by atoms with van der Waals surface area (Å²) in [6.45, 7) is 7.57. The quantitative estimate of drug-likeness (QED) is 0.103. The number of phenols is 1. The number of rotatable bonds is 11. The highest BCUT2D eigenvalue weighted by Gasteiger charge is 2.45. The number of anilines is 1. The van der Waals surface area contributed by atoms with Gasteiger partial charge in [0.1, 0.15) is 17.5 Å². The Kier molecular flexibility index (Phi) is 10.9. The van der Waals surface area contributed by atoms with Crippen molar-refractivity contribution in [3.8, 4) is 11.5 Å². The molecular formula is C46H48N4O7. The van der Waals surface area contributed by atoms with Crippen molar-refractivity contribution in [2.75, 3.05) is 50.8 Å². The Morgan fingerprint density at radius 1 is 0.842 bits per heavy atom. The highest BCUT2D eigenvalue weighted by Crippen LogP contribution is 2.37. The zero-order chi connectivity index (χ0) is 39.5. The monoisotopic (exact) mass is 768 g/mol. The molecule has 2 N–H and O–H groups in total. The van der Waals surface area contributed by atoms with Crippen molar-refractivity contribution in [2.45, 2.75) is 57.1 Å². The number of hydrogen-bond donors (Lipinski definition) is 2. The van der Waals surface area contributed by atoms with Gasteiger partial charge < -0.3 is 19.5 Å². The molecule has 11 nitrogen and oxygen atoms in total. The number of allylic oxidation sites excluding steroid dienone is 1. The third-order valence-corrected chi connectivity index (χ3v) is 11.8. The van der Waals surface area contributed by atoms with Crippen molar-refractivity contribution in [3.05, 3.63) is 125 Å². The molecule has 4 aromatic rings. The number of benzene rings is 4. The van der Waals surface area contributed by atoms with E-state index in [-0.39, 0.29) is 29.8 Å². The van der Waals surface area contributed by atoms with E-state index in [2.05, 4.69) is 58.4 Å². The molecule has 0 saturated carbocycles. The van der Waals surface area contributed by atoms with Gasteiger partial charge in [-0.25, -0.2) is 0 Å². The van der Waals surface area contributed by atoms with E-state index in [4.69, 9.17) is 9.47 Å². The Bertz CT molecular complexity index is 2180. The number of ether oxygens (including phenoxy) is 2. The Labute approximate surface area is 332 Å². The van der Waals surface area contributed by atoms with Gasteiger partial charge in [0, 0.05) is 44.8 Å². The number of fused-ring (bicyclic) bond motifs is 1. The average molecular weight is 769 g/mol. The van der Waals surface area contributed by atoms with Crippen LogP contribution in [0.4, 0.5) is 5.69 Å². The van der Waals surface area contributed by atoms with Crippen LogP contribution in [0.2, 0.25) is 0 Å². The summed E-state index contributed by atoms with van der Waals surface area (Å²) in [5.41, 5.74) is 6.90. The SMILES string of the molecule is CCC(=C(c1ccc(O)cc1)c1ccc(OCCCN2CCOC3(CCN(c4ccc5c(c4)C(=O)N(C4CCC(=O)NC4=O)C5=O)CC3)C2)cc1)c1ccccc1. The van der Waals surface area contributed by atoms with E-state index in [1.807, 2.05) is 36.4 Å². The summed E-state index contributed by atoms with van der Waals surface area (Å²) >= 11 is 0. The Morgan fingerprint density at radius 2 is 1.54 bits per heavy atom. The Balaban J connectivity index is 0.843. The fraction of sp³-hybridized carbons (Fsp3) is 0.348. The number of imide groups is 2. The van der Waals surface area contributed by atoms with Gasteiger partial charge in [-0.3, -0.25) is 34.3 Å². The number of nitrogens with one attached hydrogen (secondary N) is 1. The minimum absolute atomic E-state index is 0.0890. The molecule has 0 aliphatic carbocycles. The second-order valence-corrected chi connectivity index (χ2v) is 15.3. The Morgan fingerprint density at radius 3 is 2.25 bits per heavy atom. The van der Waals surface area contributed by atoms with Gasteiger partial charge in [0.05, 0.1) is 29.9 Å². The molecule has 294 valence electrons. The zero-order valence-corrected chi connectivity index (χ0v) is 32.2. The lowest BCUT2D eigenvalue weighted by Gasteiger charge is -2.48. The van der Waals surface area contributed by atoms with Crippen LogP contribution in [0.5, 0.6) is 11.5 Å². The van der Waals surface area contributed by atoms with Gasteiger partial charge in [-0.1, -0.05) is 61.5 Å². The zero-order valence-electron chi connectivity index (χ0n) is 32.2. The maximum Gasteiger partial charge on any atom is 0.262 e. The molecule has 1 unspecified atom stereocenters. The van der Waals surface area contributed by atoms with Gasteiger partial charge in [-0.2, -0.15) is 0 Å². The summed E-state index contributed by atoms with van der Waals surface area (Å²) in [4.78, 5) is 56.4. The normalized spacial score (nSPS) is 20.1. The molecule has 0 radical (unpaired) electrons. The minimum atomic E-state index is -0.980. The van der Waals surface area contributed by atoms with Crippen LogP contribution in [0.3, 0.4) is 0 Å². The van der Waals surface area contributed by atoms with Crippen molar-refractivity contribution in [1.29, 1.82) is 0 Å². The number of carbonyl (C=O) groups is 4. The molecule has 3 fully saturated rings. The molecule has 3 saturated heterocycles. The van der Waals surface area contributed by atoms with Gasteiger partial charge in [-0.15, -0.1) is 0 Å². The molecule has 4 amide bonds. The van der Waals surface area contributed by atoms with Gasteiger partial charge >= 0.3 is 0 Å². The van der Waals surface area contributed by atoms with Crippen molar-refractivity contribution < 1.29 is 33.8 Å². The standard InChI is InChI=1S/C46H48N4O7/c1-2-37(31-7-4-3-5-8-31)42(32-9-14-35(51)15-10-32)33-11-16-36(17-12-33)56-27-6-23-48-26-28-57-46(30-48)21-24-49(25-22-46)34-13-18-38-39(29-34)45(55)50(44(38)54)40-19-20-41(52)47-43(40)53/h3-5,7-18,29,40,51H,2,6,19-28,30H2,1H3,(H,47,52,53). The third kappa shape index (κ3) is 7.95. The van der Waals surface area contributed by atoms with Crippen LogP contribution in [-0.4, -0.2) is 96.1 Å². The summed E-state index contributed by atoms with van der Waals surface area (Å²) in [5.74, 6) is -0.919. The lowest BCUT2D eigenvalue weighted by Crippen LogP contribution is -2.57. The molecule has 1 spiro atoms. The van der Waals surface area contributed by atoms with Crippen LogP contribution in [0.25, 0.3) is 11.1 Å². The summed E-state index contributed by atoms with van der Waals surface area (Å²) in [7, 11) is 0. The van der Waals surface area contributed by atoms with Crippen LogP contribution in [0, 0.1) is 0 Å². The molecule has 11 heteroatoms. The maximum absolute atomic E-state index is 13.4. The minimum Gasteiger partial charge on any atom is -0.508 e. The number of carbonyl (C=O) groups excluding carboxylic acids is 4. The predicted molar refractivity (Wildman–Crippen MR) is 217 cm³/mol. The third-order valence-electron chi connectivity index (χ3n) is 11.8. The number of aromatic hydroxyl groups is 1. The summed E-state index contributed by atoms with van der Waals surface area (Å²) in [6, 6.07) is 30.5. The number of hydrogen-bond acceptors (Lipinski definition) is 9. The van der Waals surface area contributed by atoms with E-state index in [0.29, 0.717) is 18.8 Å². The first-order chi connectivity index (χ1) is 27.7. The average Bonchev–Trinajstić information content (AvgIpc) is 3.48. The predicted octanol–water partition coefficient (Wildman–Crippen LogP) is 6.30. The molecule has 8 rings (SSSR count). The second-order valence-electron chi connectivity index (χ2n) is 15.3. The van der Waals surface area contributed by atoms with Crippen LogP contribution in [-0.2, 0) is 14.3 Å². The summed E-state index contributed by atoms with van der Waals surface area (Å²) in [6.07, 6.45) is 3.63. The molecule has 0 aromatic heterocycles. The van der Waals surface area contributed by atoms with Crippen LogP contribution >= 0.6 is 0 Å². The van der Waals surface area contributed by atoms with Gasteiger partial charge in [0.15, 0.2) is 0 Å². The molecule has 4 aliphatic rings. The molecule has 57 heavy (non-hydrogen) atoms. The fourth-order valence-electron chi connectivity index (χ4n) is 8.75. The van der Waals surface area contributed by atoms with E-state index in [9.17, 15) is 24.3 Å². The molecule has 0 bridgehead atoms. The molecule has 4 aliphatic heterocycles. The van der Waals surface area contributed by atoms with Crippen molar-refractivity contribution >= 4 is 40.5 Å². The van der Waals surface area contributed by atoms with Crippen LogP contribution in [0.1, 0.15) is 82.9 Å². The van der Waals surface area contributed by atoms with Gasteiger partial charge in [0.25, 0.3) is 11.8 Å². The topological polar surface area (TPSA) is 129 Å². The Hall–Kier alpha value is -5.78. The van der Waals surface area contributed by atoms with E-state index in [1.165, 1.54) is 11.1 Å². The van der Waals surface area contributed by atoms with Gasteiger partial charge in [-0.05, 0) is 102 Å². The highest BCUT2D eigenvalue weighted by atomic mass is 16.5. The van der Waals surface area contributed by atoms with Crippen molar-refractivity contribution in [3.63, 3.8) is 0 Å². The maximum atomic E-state index is 13.4. The van der Waals surface area contributed by atoms with E-state index in [0.717, 1.165) is 91.4 Å². The molecular weight excluding hydrogens is 721 g/mol. The number of amides is 4. The smallest absolute Gasteiger partial charge is 0.262 e.